The molecule has 3 rings (SSSR count). The maximum atomic E-state index is 14.2. The smallest absolute Gasteiger partial charge is 0.244 e. The normalized spacial score (nSPS) is 12.0. The van der Waals surface area contributed by atoms with Gasteiger partial charge in [0.05, 0.1) is 26.2 Å². The monoisotopic (exact) mass is 615 g/mol. The summed E-state index contributed by atoms with van der Waals surface area (Å²) in [5.74, 6) is 0.0866. The molecule has 0 aliphatic carbocycles. The van der Waals surface area contributed by atoms with Gasteiger partial charge in [0.1, 0.15) is 24.1 Å². The van der Waals surface area contributed by atoms with E-state index in [2.05, 4.69) is 5.32 Å². The molecule has 0 heterocycles. The summed E-state index contributed by atoms with van der Waals surface area (Å²) in [6.45, 7) is 3.83. The summed E-state index contributed by atoms with van der Waals surface area (Å²) in [6, 6.07) is 20.1. The maximum absolute atomic E-state index is 14.2. The van der Waals surface area contributed by atoms with Gasteiger partial charge in [-0.3, -0.25) is 13.9 Å². The third kappa shape index (κ3) is 9.12. The van der Waals surface area contributed by atoms with Gasteiger partial charge in [-0.15, -0.1) is 0 Å². The minimum atomic E-state index is -3.98. The van der Waals surface area contributed by atoms with E-state index in [-0.39, 0.29) is 41.3 Å². The first-order valence-electron chi connectivity index (χ1n) is 13.5. The van der Waals surface area contributed by atoms with Gasteiger partial charge in [-0.2, -0.15) is 0 Å². The zero-order valence-corrected chi connectivity index (χ0v) is 26.1. The predicted molar refractivity (Wildman–Crippen MR) is 166 cm³/mol. The fourth-order valence-corrected chi connectivity index (χ4v) is 5.41. The Hall–Kier alpha value is -3.76. The lowest BCUT2D eigenvalue weighted by Gasteiger charge is -2.34. The quantitative estimate of drug-likeness (QED) is 0.286. The predicted octanol–water partition coefficient (Wildman–Crippen LogP) is 4.54. The molecule has 1 unspecified atom stereocenters. The Morgan fingerprint density at radius 3 is 2.24 bits per heavy atom. The maximum Gasteiger partial charge on any atom is 0.244 e. The lowest BCUT2D eigenvalue weighted by molar-refractivity contribution is -0.140. The second-order valence-corrected chi connectivity index (χ2v) is 12.6. The number of benzene rings is 3. The van der Waals surface area contributed by atoms with E-state index in [0.717, 1.165) is 16.1 Å². The summed E-state index contributed by atoms with van der Waals surface area (Å²) in [4.78, 5) is 29.4. The van der Waals surface area contributed by atoms with Crippen molar-refractivity contribution in [1.82, 2.24) is 10.2 Å². The number of amides is 2. The van der Waals surface area contributed by atoms with Gasteiger partial charge in [-0.05, 0) is 47.4 Å². The van der Waals surface area contributed by atoms with Crippen LogP contribution in [0.2, 0.25) is 5.02 Å². The highest BCUT2D eigenvalue weighted by molar-refractivity contribution is 7.92. The molecule has 0 aliphatic heterocycles. The Morgan fingerprint density at radius 1 is 0.929 bits per heavy atom. The van der Waals surface area contributed by atoms with Gasteiger partial charge in [0.2, 0.25) is 21.8 Å². The molecule has 1 atom stereocenters. The van der Waals surface area contributed by atoms with Gasteiger partial charge in [0.25, 0.3) is 0 Å². The van der Waals surface area contributed by atoms with Crippen LogP contribution in [0.1, 0.15) is 25.0 Å². The average Bonchev–Trinajstić information content (AvgIpc) is 2.96. The second kappa shape index (κ2) is 14.9. The summed E-state index contributed by atoms with van der Waals surface area (Å²) in [5.41, 5.74) is 1.68. The van der Waals surface area contributed by atoms with Crippen LogP contribution in [0.15, 0.2) is 72.8 Å². The molecular weight excluding hydrogens is 578 g/mol. The largest absolute Gasteiger partial charge is 0.497 e. The molecule has 1 N–H and O–H groups in total. The van der Waals surface area contributed by atoms with Crippen molar-refractivity contribution in [2.24, 2.45) is 5.92 Å². The van der Waals surface area contributed by atoms with Crippen LogP contribution in [-0.4, -0.2) is 64.7 Å². The van der Waals surface area contributed by atoms with Crippen molar-refractivity contribution >= 4 is 39.1 Å². The number of rotatable bonds is 14. The molecule has 3 aromatic carbocycles. The lowest BCUT2D eigenvalue weighted by Crippen LogP contribution is -2.53. The van der Waals surface area contributed by atoms with E-state index in [1.807, 2.05) is 50.2 Å². The van der Waals surface area contributed by atoms with E-state index in [9.17, 15) is 18.0 Å². The molecule has 9 nitrogen and oxygen atoms in total. The molecule has 0 radical (unpaired) electrons. The molecule has 0 spiro atoms. The molecule has 0 bridgehead atoms. The van der Waals surface area contributed by atoms with E-state index < -0.39 is 28.5 Å². The number of sulfonamides is 1. The van der Waals surface area contributed by atoms with Crippen LogP contribution in [-0.2, 0) is 32.6 Å². The Labute approximate surface area is 253 Å². The summed E-state index contributed by atoms with van der Waals surface area (Å²) in [7, 11) is -1.03. The van der Waals surface area contributed by atoms with E-state index in [1.165, 1.54) is 24.1 Å². The van der Waals surface area contributed by atoms with Gasteiger partial charge in [0, 0.05) is 24.5 Å². The van der Waals surface area contributed by atoms with Gasteiger partial charge < -0.3 is 19.7 Å². The first-order valence-corrected chi connectivity index (χ1v) is 15.7. The average molecular weight is 616 g/mol. The van der Waals surface area contributed by atoms with Crippen LogP contribution in [0.5, 0.6) is 11.5 Å². The van der Waals surface area contributed by atoms with Crippen molar-refractivity contribution in [2.75, 3.05) is 37.9 Å². The third-order valence-electron chi connectivity index (χ3n) is 6.53. The van der Waals surface area contributed by atoms with Gasteiger partial charge in [-0.1, -0.05) is 67.9 Å². The van der Waals surface area contributed by atoms with E-state index >= 15 is 0 Å². The number of hydrogen-bond acceptors (Lipinski definition) is 6. The van der Waals surface area contributed by atoms with Crippen molar-refractivity contribution in [2.45, 2.75) is 32.9 Å². The molecule has 3 aromatic rings. The number of nitrogens with one attached hydrogen (secondary N) is 1. The Balaban J connectivity index is 2.10. The second-order valence-electron chi connectivity index (χ2n) is 10.3. The summed E-state index contributed by atoms with van der Waals surface area (Å²) in [5, 5.41) is 3.23. The lowest BCUT2D eigenvalue weighted by atomic mass is 10.0. The number of ether oxygens (including phenoxy) is 2. The molecule has 2 amide bonds. The molecule has 0 saturated carbocycles. The van der Waals surface area contributed by atoms with Crippen LogP contribution in [0.25, 0.3) is 0 Å². The Bertz CT molecular complexity index is 1470. The van der Waals surface area contributed by atoms with Crippen molar-refractivity contribution in [3.63, 3.8) is 0 Å². The number of anilines is 1. The number of carbonyl (C=O) groups excluding carboxylic acids is 2. The summed E-state index contributed by atoms with van der Waals surface area (Å²) in [6.07, 6.45) is 1.23. The molecule has 226 valence electrons. The van der Waals surface area contributed by atoms with E-state index in [0.29, 0.717) is 17.9 Å². The Morgan fingerprint density at radius 2 is 1.62 bits per heavy atom. The van der Waals surface area contributed by atoms with E-state index in [4.69, 9.17) is 21.1 Å². The zero-order valence-electron chi connectivity index (χ0n) is 24.5. The molecular formula is C31H38ClN3O6S. The highest BCUT2D eigenvalue weighted by atomic mass is 35.5. The fourth-order valence-electron chi connectivity index (χ4n) is 4.40. The van der Waals surface area contributed by atoms with E-state index in [1.54, 1.807) is 31.4 Å². The first-order chi connectivity index (χ1) is 19.9. The van der Waals surface area contributed by atoms with Gasteiger partial charge in [-0.25, -0.2) is 8.42 Å². The van der Waals surface area contributed by atoms with Gasteiger partial charge >= 0.3 is 0 Å². The fraction of sp³-hybridized carbons (Fsp3) is 0.355. The Kier molecular flexibility index (Phi) is 11.6. The van der Waals surface area contributed by atoms with Crippen molar-refractivity contribution < 1.29 is 27.5 Å². The highest BCUT2D eigenvalue weighted by Crippen LogP contribution is 2.33. The SMILES string of the molecule is COc1cccc(CN(C(=O)CN(c2cc(Cl)ccc2OC)S(C)(=O)=O)C(Cc2ccccc2)C(=O)NCC(C)C)c1. The summed E-state index contributed by atoms with van der Waals surface area (Å²) >= 11 is 6.21. The highest BCUT2D eigenvalue weighted by Gasteiger charge is 2.34. The number of carbonyl (C=O) groups is 2. The van der Waals surface area contributed by atoms with Crippen molar-refractivity contribution in [3.05, 3.63) is 88.9 Å². The minimum absolute atomic E-state index is 0.0346. The number of halogens is 1. The van der Waals surface area contributed by atoms with Gasteiger partial charge in [0.15, 0.2) is 0 Å². The number of hydrogen-bond donors (Lipinski definition) is 1. The topological polar surface area (TPSA) is 105 Å². The molecule has 0 fully saturated rings. The molecule has 0 aromatic heterocycles. The standard InChI is InChI=1S/C31H38ClN3O6S/c1-22(2)19-33-31(37)28(17-23-10-7-6-8-11-23)34(20-24-12-9-13-26(16-24)40-3)30(36)21-35(42(5,38)39)27-18-25(32)14-15-29(27)41-4/h6-16,18,22,28H,17,19-21H2,1-5H3,(H,33,37). The molecule has 0 saturated heterocycles. The van der Waals surface area contributed by atoms with Crippen LogP contribution >= 0.6 is 11.6 Å². The number of nitrogens with zero attached hydrogens (tertiary/aromatic N) is 2. The first kappa shape index (κ1) is 32.8. The summed E-state index contributed by atoms with van der Waals surface area (Å²) < 4.78 is 37.8. The number of methoxy groups -OCH3 is 2. The van der Waals surface area contributed by atoms with Crippen LogP contribution < -0.4 is 19.1 Å². The third-order valence-corrected chi connectivity index (χ3v) is 7.89. The van der Waals surface area contributed by atoms with Crippen LogP contribution in [0.3, 0.4) is 0 Å². The van der Waals surface area contributed by atoms with Crippen LogP contribution in [0.4, 0.5) is 5.69 Å². The van der Waals surface area contributed by atoms with Crippen LogP contribution in [0, 0.1) is 5.92 Å². The zero-order chi connectivity index (χ0) is 30.9. The molecule has 42 heavy (non-hydrogen) atoms. The van der Waals surface area contributed by atoms with Crippen molar-refractivity contribution in [1.29, 1.82) is 0 Å². The molecule has 11 heteroatoms. The van der Waals surface area contributed by atoms with Crippen molar-refractivity contribution in [3.8, 4) is 11.5 Å². The minimum Gasteiger partial charge on any atom is -0.497 e. The molecule has 0 aliphatic rings.